The maximum atomic E-state index is 12.6. The molecule has 26 heavy (non-hydrogen) atoms. The summed E-state index contributed by atoms with van der Waals surface area (Å²) in [6.45, 7) is 0.431. The number of aromatic nitrogens is 1. The Hall–Kier alpha value is -3.65. The van der Waals surface area contributed by atoms with Gasteiger partial charge in [-0.05, 0) is 54.6 Å². The summed E-state index contributed by atoms with van der Waals surface area (Å²) in [7, 11) is 1.74. The van der Waals surface area contributed by atoms with Gasteiger partial charge in [-0.2, -0.15) is 5.26 Å². The van der Waals surface area contributed by atoms with Gasteiger partial charge in [-0.25, -0.2) is 0 Å². The molecule has 0 spiro atoms. The van der Waals surface area contributed by atoms with Crippen molar-refractivity contribution in [1.29, 1.82) is 5.26 Å². The summed E-state index contributed by atoms with van der Waals surface area (Å²) in [6.07, 6.45) is 1.71. The van der Waals surface area contributed by atoms with Crippen molar-refractivity contribution in [3.63, 3.8) is 0 Å². The number of rotatable bonds is 5. The van der Waals surface area contributed by atoms with E-state index in [0.29, 0.717) is 29.2 Å². The topological polar surface area (TPSA) is 66.2 Å². The Morgan fingerprint density at radius 1 is 1.08 bits per heavy atom. The smallest absolute Gasteiger partial charge is 0.254 e. The molecular formula is C21H17N3O2. The molecule has 0 unspecified atom stereocenters. The average molecular weight is 343 g/mol. The number of hydrogen-bond donors (Lipinski definition) is 0. The van der Waals surface area contributed by atoms with Crippen molar-refractivity contribution in [3.05, 3.63) is 89.7 Å². The Balaban J connectivity index is 1.71. The van der Waals surface area contributed by atoms with E-state index in [1.165, 1.54) is 0 Å². The van der Waals surface area contributed by atoms with E-state index in [-0.39, 0.29) is 5.91 Å². The molecule has 0 fully saturated rings. The average Bonchev–Trinajstić information content (AvgIpc) is 2.69. The van der Waals surface area contributed by atoms with Crippen LogP contribution in [0.3, 0.4) is 0 Å². The maximum Gasteiger partial charge on any atom is 0.254 e. The molecule has 128 valence electrons. The Bertz CT molecular complexity index is 931. The summed E-state index contributed by atoms with van der Waals surface area (Å²) >= 11 is 0. The second kappa shape index (κ2) is 7.95. The first-order valence-corrected chi connectivity index (χ1v) is 8.09. The predicted octanol–water partition coefficient (Wildman–Crippen LogP) is 4.02. The lowest BCUT2D eigenvalue weighted by Gasteiger charge is -2.17. The van der Waals surface area contributed by atoms with Gasteiger partial charge in [0, 0.05) is 18.8 Å². The SMILES string of the molecule is CN(Cc1ccccn1)C(=O)c1cccc(Oc2ccc(C#N)cc2)c1. The lowest BCUT2D eigenvalue weighted by Crippen LogP contribution is -2.26. The molecule has 3 aromatic rings. The molecule has 0 aliphatic rings. The zero-order valence-corrected chi connectivity index (χ0v) is 14.3. The van der Waals surface area contributed by atoms with E-state index < -0.39 is 0 Å². The highest BCUT2D eigenvalue weighted by Gasteiger charge is 2.13. The molecule has 0 saturated carbocycles. The van der Waals surface area contributed by atoms with Gasteiger partial charge in [0.05, 0.1) is 23.9 Å². The summed E-state index contributed by atoms with van der Waals surface area (Å²) in [5.41, 5.74) is 1.93. The Morgan fingerprint density at radius 2 is 1.88 bits per heavy atom. The molecule has 5 nitrogen and oxygen atoms in total. The van der Waals surface area contributed by atoms with Crippen LogP contribution < -0.4 is 4.74 Å². The molecule has 0 aliphatic heterocycles. The second-order valence-corrected chi connectivity index (χ2v) is 5.75. The lowest BCUT2D eigenvalue weighted by molar-refractivity contribution is 0.0783. The Morgan fingerprint density at radius 3 is 2.58 bits per heavy atom. The molecule has 0 N–H and O–H groups in total. The van der Waals surface area contributed by atoms with Gasteiger partial charge in [0.1, 0.15) is 11.5 Å². The summed E-state index contributed by atoms with van der Waals surface area (Å²) in [6, 6.07) is 21.5. The van der Waals surface area contributed by atoms with Crippen molar-refractivity contribution in [1.82, 2.24) is 9.88 Å². The summed E-state index contributed by atoms with van der Waals surface area (Å²) in [4.78, 5) is 18.5. The van der Waals surface area contributed by atoms with E-state index in [0.717, 1.165) is 5.69 Å². The summed E-state index contributed by atoms with van der Waals surface area (Å²) in [5.74, 6) is 1.06. The van der Waals surface area contributed by atoms with Gasteiger partial charge in [0.15, 0.2) is 0 Å². The van der Waals surface area contributed by atoms with Gasteiger partial charge in [-0.1, -0.05) is 12.1 Å². The first kappa shape index (κ1) is 17.2. The van der Waals surface area contributed by atoms with Crippen molar-refractivity contribution >= 4 is 5.91 Å². The fraction of sp³-hybridized carbons (Fsp3) is 0.0952. The van der Waals surface area contributed by atoms with Gasteiger partial charge < -0.3 is 9.64 Å². The third-order valence-electron chi connectivity index (χ3n) is 3.77. The minimum Gasteiger partial charge on any atom is -0.457 e. The largest absolute Gasteiger partial charge is 0.457 e. The highest BCUT2D eigenvalue weighted by atomic mass is 16.5. The van der Waals surface area contributed by atoms with Crippen LogP contribution in [-0.2, 0) is 6.54 Å². The summed E-state index contributed by atoms with van der Waals surface area (Å²) in [5, 5.41) is 8.84. The van der Waals surface area contributed by atoms with Crippen molar-refractivity contribution in [2.75, 3.05) is 7.05 Å². The number of benzene rings is 2. The number of nitriles is 1. The van der Waals surface area contributed by atoms with Crippen LogP contribution in [-0.4, -0.2) is 22.8 Å². The molecule has 0 aliphatic carbocycles. The van der Waals surface area contributed by atoms with Gasteiger partial charge in [-0.15, -0.1) is 0 Å². The fourth-order valence-corrected chi connectivity index (χ4v) is 2.45. The molecule has 1 heterocycles. The molecule has 1 aromatic heterocycles. The minimum atomic E-state index is -0.110. The van der Waals surface area contributed by atoms with Gasteiger partial charge in [-0.3, -0.25) is 9.78 Å². The van der Waals surface area contributed by atoms with Crippen molar-refractivity contribution in [3.8, 4) is 17.6 Å². The Labute approximate surface area is 152 Å². The van der Waals surface area contributed by atoms with Crippen LogP contribution in [0.15, 0.2) is 72.9 Å². The first-order valence-electron chi connectivity index (χ1n) is 8.09. The molecular weight excluding hydrogens is 326 g/mol. The number of hydrogen-bond acceptors (Lipinski definition) is 4. The van der Waals surface area contributed by atoms with E-state index in [4.69, 9.17) is 10.00 Å². The van der Waals surface area contributed by atoms with Crippen LogP contribution in [0.1, 0.15) is 21.6 Å². The fourth-order valence-electron chi connectivity index (χ4n) is 2.45. The number of nitrogens with zero attached hydrogens (tertiary/aromatic N) is 3. The lowest BCUT2D eigenvalue weighted by atomic mass is 10.2. The predicted molar refractivity (Wildman–Crippen MR) is 97.7 cm³/mol. The molecule has 0 atom stereocenters. The zero-order valence-electron chi connectivity index (χ0n) is 14.3. The number of pyridine rings is 1. The summed E-state index contributed by atoms with van der Waals surface area (Å²) < 4.78 is 5.77. The van der Waals surface area contributed by atoms with Crippen LogP contribution >= 0.6 is 0 Å². The molecule has 3 rings (SSSR count). The number of ether oxygens (including phenoxy) is 1. The van der Waals surface area contributed by atoms with Crippen LogP contribution in [0.25, 0.3) is 0 Å². The molecule has 0 bridgehead atoms. The highest BCUT2D eigenvalue weighted by molar-refractivity contribution is 5.94. The van der Waals surface area contributed by atoms with Crippen molar-refractivity contribution < 1.29 is 9.53 Å². The van der Waals surface area contributed by atoms with Crippen molar-refractivity contribution in [2.45, 2.75) is 6.54 Å². The maximum absolute atomic E-state index is 12.6. The normalized spacial score (nSPS) is 10.0. The quantitative estimate of drug-likeness (QED) is 0.702. The van der Waals surface area contributed by atoms with Crippen LogP contribution in [0, 0.1) is 11.3 Å². The number of carbonyl (C=O) groups excluding carboxylic acids is 1. The molecule has 1 amide bonds. The van der Waals surface area contributed by atoms with E-state index in [9.17, 15) is 4.79 Å². The number of carbonyl (C=O) groups is 1. The van der Waals surface area contributed by atoms with Crippen LogP contribution in [0.2, 0.25) is 0 Å². The Kier molecular flexibility index (Phi) is 5.25. The first-order chi connectivity index (χ1) is 12.7. The van der Waals surface area contributed by atoms with E-state index in [2.05, 4.69) is 11.1 Å². The molecule has 2 aromatic carbocycles. The van der Waals surface area contributed by atoms with Crippen LogP contribution in [0.5, 0.6) is 11.5 Å². The monoisotopic (exact) mass is 343 g/mol. The number of amides is 1. The molecule has 5 heteroatoms. The third kappa shape index (κ3) is 4.25. The van der Waals surface area contributed by atoms with Crippen molar-refractivity contribution in [2.24, 2.45) is 0 Å². The van der Waals surface area contributed by atoms with E-state index in [1.54, 1.807) is 66.7 Å². The van der Waals surface area contributed by atoms with Gasteiger partial charge in [0.2, 0.25) is 0 Å². The van der Waals surface area contributed by atoms with Gasteiger partial charge >= 0.3 is 0 Å². The van der Waals surface area contributed by atoms with Crippen LogP contribution in [0.4, 0.5) is 0 Å². The highest BCUT2D eigenvalue weighted by Crippen LogP contribution is 2.23. The van der Waals surface area contributed by atoms with Gasteiger partial charge in [0.25, 0.3) is 5.91 Å². The second-order valence-electron chi connectivity index (χ2n) is 5.75. The van der Waals surface area contributed by atoms with E-state index in [1.807, 2.05) is 18.2 Å². The molecule has 0 saturated heterocycles. The van der Waals surface area contributed by atoms with E-state index >= 15 is 0 Å². The molecule has 0 radical (unpaired) electrons. The third-order valence-corrected chi connectivity index (χ3v) is 3.77. The standard InChI is InChI=1S/C21H17N3O2/c1-24(15-18-6-2-3-12-23-18)21(25)17-5-4-7-20(13-17)26-19-10-8-16(14-22)9-11-19/h2-13H,15H2,1H3. The minimum absolute atomic E-state index is 0.110. The zero-order chi connectivity index (χ0) is 18.4.